The van der Waals surface area contributed by atoms with Crippen molar-refractivity contribution in [1.82, 2.24) is 0 Å². The van der Waals surface area contributed by atoms with Gasteiger partial charge in [0, 0.05) is 10.1 Å². The van der Waals surface area contributed by atoms with Gasteiger partial charge in [0.25, 0.3) is 0 Å². The number of nitriles is 1. The van der Waals surface area contributed by atoms with Crippen molar-refractivity contribution in [3.05, 3.63) is 52.6 Å². The van der Waals surface area contributed by atoms with Gasteiger partial charge in [0.15, 0.2) is 0 Å². The molecule has 1 rings (SSSR count). The topological polar surface area (TPSA) is 50.1 Å². The van der Waals surface area contributed by atoms with Crippen LogP contribution in [0.1, 0.15) is 12.5 Å². The fourth-order valence-electron chi connectivity index (χ4n) is 1.22. The summed E-state index contributed by atoms with van der Waals surface area (Å²) in [5, 5.41) is 9.84. The molecule has 0 aliphatic heterocycles. The normalized spacial score (nSPS) is 11.9. The average Bonchev–Trinajstić information content (AvgIpc) is 2.40. The van der Waals surface area contributed by atoms with Gasteiger partial charge in [-0.15, -0.1) is 0 Å². The van der Waals surface area contributed by atoms with Gasteiger partial charge in [-0.1, -0.05) is 35.3 Å². The first-order chi connectivity index (χ1) is 9.08. The van der Waals surface area contributed by atoms with Crippen LogP contribution >= 0.6 is 23.2 Å². The molecule has 0 radical (unpaired) electrons. The molecule has 0 saturated carbocycles. The smallest absolute Gasteiger partial charge is 0.348 e. The van der Waals surface area contributed by atoms with Crippen LogP contribution in [0.15, 0.2) is 42.0 Å². The minimum absolute atomic E-state index is 0.103. The predicted octanol–water partition coefficient (Wildman–Crippen LogP) is 3.93. The standard InChI is InChI=1S/C14H11Cl2NO2/c1-2-19-14(18)11(9-17)5-8-13(16)10-3-6-12(15)7-4-10/h3-8H,2H2,1H3/b11-5+,13-8+. The second-order valence-corrected chi connectivity index (χ2v) is 4.28. The molecular formula is C14H11Cl2NO2. The van der Waals surface area contributed by atoms with E-state index in [0.717, 1.165) is 5.56 Å². The van der Waals surface area contributed by atoms with Crippen molar-refractivity contribution >= 4 is 34.2 Å². The second-order valence-electron chi connectivity index (χ2n) is 3.43. The van der Waals surface area contributed by atoms with Crippen LogP contribution in [0.3, 0.4) is 0 Å². The molecule has 0 unspecified atom stereocenters. The van der Waals surface area contributed by atoms with Gasteiger partial charge < -0.3 is 4.74 Å². The Balaban J connectivity index is 2.92. The quantitative estimate of drug-likeness (QED) is 0.366. The number of halogens is 2. The van der Waals surface area contributed by atoms with E-state index < -0.39 is 5.97 Å². The van der Waals surface area contributed by atoms with Gasteiger partial charge in [-0.25, -0.2) is 4.79 Å². The van der Waals surface area contributed by atoms with Gasteiger partial charge in [0.1, 0.15) is 11.6 Å². The lowest BCUT2D eigenvalue weighted by Crippen LogP contribution is -2.05. The summed E-state index contributed by atoms with van der Waals surface area (Å²) in [5.41, 5.74) is 0.637. The van der Waals surface area contributed by atoms with Crippen LogP contribution in [0.5, 0.6) is 0 Å². The number of carbonyl (C=O) groups is 1. The molecule has 5 heteroatoms. The van der Waals surface area contributed by atoms with Crippen molar-refractivity contribution in [2.75, 3.05) is 6.61 Å². The number of hydrogen-bond acceptors (Lipinski definition) is 3. The molecule has 0 amide bonds. The van der Waals surface area contributed by atoms with E-state index in [1.807, 2.05) is 0 Å². The van der Waals surface area contributed by atoms with Crippen LogP contribution in [0.25, 0.3) is 5.03 Å². The molecule has 1 aromatic rings. The third kappa shape index (κ3) is 4.78. The van der Waals surface area contributed by atoms with E-state index in [1.165, 1.54) is 12.2 Å². The molecule has 0 atom stereocenters. The number of carbonyl (C=O) groups excluding carboxylic acids is 1. The summed E-state index contributed by atoms with van der Waals surface area (Å²) in [6, 6.07) is 8.65. The summed E-state index contributed by atoms with van der Waals surface area (Å²) in [5.74, 6) is -0.665. The Morgan fingerprint density at radius 1 is 1.37 bits per heavy atom. The summed E-state index contributed by atoms with van der Waals surface area (Å²) >= 11 is 11.8. The molecule has 98 valence electrons. The minimum atomic E-state index is -0.665. The highest BCUT2D eigenvalue weighted by Gasteiger charge is 2.08. The zero-order valence-corrected chi connectivity index (χ0v) is 11.7. The molecular weight excluding hydrogens is 285 g/mol. The van der Waals surface area contributed by atoms with E-state index in [2.05, 4.69) is 0 Å². The van der Waals surface area contributed by atoms with Crippen LogP contribution in [0.2, 0.25) is 5.02 Å². The highest BCUT2D eigenvalue weighted by atomic mass is 35.5. The van der Waals surface area contributed by atoms with Crippen molar-refractivity contribution in [2.45, 2.75) is 6.92 Å². The van der Waals surface area contributed by atoms with Gasteiger partial charge in [-0.05, 0) is 36.8 Å². The lowest BCUT2D eigenvalue weighted by atomic mass is 10.2. The second kappa shape index (κ2) is 7.63. The number of ether oxygens (including phenoxy) is 1. The van der Waals surface area contributed by atoms with E-state index in [4.69, 9.17) is 33.2 Å². The van der Waals surface area contributed by atoms with Gasteiger partial charge in [0.2, 0.25) is 0 Å². The molecule has 3 nitrogen and oxygen atoms in total. The van der Waals surface area contributed by atoms with Gasteiger partial charge >= 0.3 is 5.97 Å². The SMILES string of the molecule is CCOC(=O)/C(C#N)=C/C=C(/Cl)c1ccc(Cl)cc1. The Bertz CT molecular complexity index is 554. The largest absolute Gasteiger partial charge is 0.462 e. The van der Waals surface area contributed by atoms with Crippen molar-refractivity contribution in [2.24, 2.45) is 0 Å². The molecule has 19 heavy (non-hydrogen) atoms. The number of benzene rings is 1. The lowest BCUT2D eigenvalue weighted by Gasteiger charge is -1.99. The molecule has 0 aliphatic carbocycles. The maximum atomic E-state index is 11.4. The fourth-order valence-corrected chi connectivity index (χ4v) is 1.54. The number of allylic oxidation sites excluding steroid dienone is 2. The van der Waals surface area contributed by atoms with Gasteiger partial charge in [-0.3, -0.25) is 0 Å². The number of rotatable bonds is 4. The third-order valence-corrected chi connectivity index (χ3v) is 2.73. The molecule has 0 heterocycles. The molecule has 0 N–H and O–H groups in total. The predicted molar refractivity (Wildman–Crippen MR) is 75.6 cm³/mol. The fraction of sp³-hybridized carbons (Fsp3) is 0.143. The van der Waals surface area contributed by atoms with Gasteiger partial charge in [-0.2, -0.15) is 5.26 Å². The monoisotopic (exact) mass is 295 g/mol. The number of hydrogen-bond donors (Lipinski definition) is 0. The summed E-state index contributed by atoms with van der Waals surface area (Å²) in [6.45, 7) is 1.88. The lowest BCUT2D eigenvalue weighted by molar-refractivity contribution is -0.138. The highest BCUT2D eigenvalue weighted by molar-refractivity contribution is 6.49. The first kappa shape index (κ1) is 15.3. The molecule has 0 fully saturated rings. The number of esters is 1. The Labute approximate surface area is 121 Å². The highest BCUT2D eigenvalue weighted by Crippen LogP contribution is 2.21. The van der Waals surface area contributed by atoms with Gasteiger partial charge in [0.05, 0.1) is 6.61 Å². The van der Waals surface area contributed by atoms with E-state index in [9.17, 15) is 4.79 Å². The van der Waals surface area contributed by atoms with E-state index in [1.54, 1.807) is 37.3 Å². The van der Waals surface area contributed by atoms with Crippen LogP contribution in [0, 0.1) is 11.3 Å². The Kier molecular flexibility index (Phi) is 6.14. The van der Waals surface area contributed by atoms with E-state index >= 15 is 0 Å². The molecule has 0 bridgehead atoms. The van der Waals surface area contributed by atoms with E-state index in [0.29, 0.717) is 10.1 Å². The summed E-state index contributed by atoms with van der Waals surface area (Å²) in [4.78, 5) is 11.4. The van der Waals surface area contributed by atoms with Crippen molar-refractivity contribution in [3.8, 4) is 6.07 Å². The average molecular weight is 296 g/mol. The van der Waals surface area contributed by atoms with Crippen molar-refractivity contribution < 1.29 is 9.53 Å². The number of nitrogens with zero attached hydrogens (tertiary/aromatic N) is 1. The third-order valence-electron chi connectivity index (χ3n) is 2.13. The van der Waals surface area contributed by atoms with E-state index in [-0.39, 0.29) is 12.2 Å². The maximum absolute atomic E-state index is 11.4. The maximum Gasteiger partial charge on any atom is 0.348 e. The van der Waals surface area contributed by atoms with Crippen LogP contribution < -0.4 is 0 Å². The van der Waals surface area contributed by atoms with Crippen LogP contribution in [0.4, 0.5) is 0 Å². The zero-order chi connectivity index (χ0) is 14.3. The minimum Gasteiger partial charge on any atom is -0.462 e. The summed E-state index contributed by atoms with van der Waals surface area (Å²) in [7, 11) is 0. The first-order valence-corrected chi connectivity index (χ1v) is 6.24. The van der Waals surface area contributed by atoms with Crippen LogP contribution in [-0.2, 0) is 9.53 Å². The van der Waals surface area contributed by atoms with Crippen molar-refractivity contribution in [1.29, 1.82) is 5.26 Å². The van der Waals surface area contributed by atoms with Crippen molar-refractivity contribution in [3.63, 3.8) is 0 Å². The Morgan fingerprint density at radius 3 is 2.53 bits per heavy atom. The summed E-state index contributed by atoms with van der Waals surface area (Å²) in [6.07, 6.45) is 2.80. The summed E-state index contributed by atoms with van der Waals surface area (Å²) < 4.78 is 4.73. The Hall–Kier alpha value is -1.76. The molecule has 0 aromatic heterocycles. The molecule has 0 spiro atoms. The zero-order valence-electron chi connectivity index (χ0n) is 10.2. The molecule has 0 saturated heterocycles. The Morgan fingerprint density at radius 2 is 2.00 bits per heavy atom. The van der Waals surface area contributed by atoms with Crippen LogP contribution in [-0.4, -0.2) is 12.6 Å². The first-order valence-electron chi connectivity index (χ1n) is 5.49. The molecule has 0 aliphatic rings. The molecule has 1 aromatic carbocycles.